The maximum Gasteiger partial charge on any atom is 0.224 e. The number of rotatable bonds is 4. The molecule has 2 unspecified atom stereocenters. The van der Waals surface area contributed by atoms with Crippen LogP contribution in [0.1, 0.15) is 43.7 Å². The number of hydrogen-bond acceptors (Lipinski definition) is 2. The predicted molar refractivity (Wildman–Crippen MR) is 87.9 cm³/mol. The highest BCUT2D eigenvalue weighted by molar-refractivity contribution is 5.85. The van der Waals surface area contributed by atoms with E-state index in [1.165, 1.54) is 18.4 Å². The average molecular weight is 309 g/mol. The Kier molecular flexibility index (Phi) is 5.65. The Morgan fingerprint density at radius 1 is 1.14 bits per heavy atom. The smallest absolute Gasteiger partial charge is 0.224 e. The number of nitrogens with one attached hydrogen (secondary N) is 2. The molecule has 2 bridgehead atoms. The fourth-order valence-electron chi connectivity index (χ4n) is 3.53. The lowest BCUT2D eigenvalue weighted by Crippen LogP contribution is -2.48. The Balaban J connectivity index is 0.00000161. The molecule has 1 amide bonds. The van der Waals surface area contributed by atoms with Crippen molar-refractivity contribution in [2.75, 3.05) is 0 Å². The number of amides is 1. The van der Waals surface area contributed by atoms with E-state index in [2.05, 4.69) is 41.8 Å². The van der Waals surface area contributed by atoms with Crippen molar-refractivity contribution in [1.29, 1.82) is 0 Å². The van der Waals surface area contributed by atoms with Crippen molar-refractivity contribution in [3.05, 3.63) is 35.4 Å². The third-order valence-electron chi connectivity index (χ3n) is 4.63. The van der Waals surface area contributed by atoms with Gasteiger partial charge in [-0.15, -0.1) is 12.4 Å². The van der Waals surface area contributed by atoms with Crippen molar-refractivity contribution < 1.29 is 4.79 Å². The number of hydrogen-bond donors (Lipinski definition) is 2. The van der Waals surface area contributed by atoms with Crippen LogP contribution in [-0.4, -0.2) is 24.0 Å². The summed E-state index contributed by atoms with van der Waals surface area (Å²) in [6, 6.07) is 10.0. The molecule has 2 atom stereocenters. The number of fused-ring (bicyclic) bond motifs is 2. The van der Waals surface area contributed by atoms with Crippen LogP contribution in [0.15, 0.2) is 24.3 Å². The van der Waals surface area contributed by atoms with E-state index in [0.717, 1.165) is 24.8 Å². The van der Waals surface area contributed by atoms with E-state index >= 15 is 0 Å². The molecule has 21 heavy (non-hydrogen) atoms. The molecule has 2 fully saturated rings. The van der Waals surface area contributed by atoms with E-state index < -0.39 is 0 Å². The van der Waals surface area contributed by atoms with Gasteiger partial charge in [-0.25, -0.2) is 0 Å². The molecule has 0 saturated carbocycles. The van der Waals surface area contributed by atoms with E-state index in [4.69, 9.17) is 0 Å². The van der Waals surface area contributed by atoms with Crippen molar-refractivity contribution >= 4 is 18.3 Å². The molecule has 0 aliphatic carbocycles. The molecule has 1 aromatic carbocycles. The monoisotopic (exact) mass is 308 g/mol. The topological polar surface area (TPSA) is 41.1 Å². The molecule has 2 heterocycles. The lowest BCUT2D eigenvalue weighted by molar-refractivity contribution is -0.121. The van der Waals surface area contributed by atoms with Crippen molar-refractivity contribution in [3.8, 4) is 0 Å². The minimum atomic E-state index is 0. The zero-order valence-electron chi connectivity index (χ0n) is 12.6. The summed E-state index contributed by atoms with van der Waals surface area (Å²) in [4.78, 5) is 12.1. The predicted octanol–water partition coefficient (Wildman–Crippen LogP) is 2.61. The van der Waals surface area contributed by atoms with Gasteiger partial charge in [-0.05, 0) is 43.2 Å². The largest absolute Gasteiger partial charge is 0.353 e. The van der Waals surface area contributed by atoms with Crippen LogP contribution in [0.3, 0.4) is 0 Å². The summed E-state index contributed by atoms with van der Waals surface area (Å²) >= 11 is 0. The van der Waals surface area contributed by atoms with Gasteiger partial charge < -0.3 is 10.6 Å². The molecule has 0 aromatic heterocycles. The van der Waals surface area contributed by atoms with Crippen molar-refractivity contribution in [3.63, 3.8) is 0 Å². The summed E-state index contributed by atoms with van der Waals surface area (Å²) in [5.41, 5.74) is 2.43. The second kappa shape index (κ2) is 7.28. The Labute approximate surface area is 133 Å². The Morgan fingerprint density at radius 2 is 1.71 bits per heavy atom. The molecule has 1 aromatic rings. The molecule has 0 spiro atoms. The van der Waals surface area contributed by atoms with Crippen LogP contribution in [0.5, 0.6) is 0 Å². The average Bonchev–Trinajstić information content (AvgIpc) is 2.78. The Morgan fingerprint density at radius 3 is 2.29 bits per heavy atom. The van der Waals surface area contributed by atoms with Gasteiger partial charge in [0.25, 0.3) is 0 Å². The van der Waals surface area contributed by atoms with Crippen LogP contribution >= 0.6 is 12.4 Å². The van der Waals surface area contributed by atoms with Gasteiger partial charge in [0.05, 0.1) is 6.42 Å². The van der Waals surface area contributed by atoms with Crippen LogP contribution in [0.25, 0.3) is 0 Å². The summed E-state index contributed by atoms with van der Waals surface area (Å²) in [6.45, 7) is 2.15. The van der Waals surface area contributed by atoms with E-state index in [1.807, 2.05) is 0 Å². The van der Waals surface area contributed by atoms with Crippen LogP contribution < -0.4 is 10.6 Å². The van der Waals surface area contributed by atoms with E-state index in [9.17, 15) is 4.79 Å². The van der Waals surface area contributed by atoms with Gasteiger partial charge in [0.15, 0.2) is 0 Å². The first-order chi connectivity index (χ1) is 9.72. The van der Waals surface area contributed by atoms with Crippen molar-refractivity contribution in [2.24, 2.45) is 0 Å². The first kappa shape index (κ1) is 16.3. The molecule has 2 N–H and O–H groups in total. The van der Waals surface area contributed by atoms with Gasteiger partial charge in [-0.2, -0.15) is 0 Å². The van der Waals surface area contributed by atoms with Gasteiger partial charge in [0.2, 0.25) is 5.91 Å². The van der Waals surface area contributed by atoms with Gasteiger partial charge in [-0.1, -0.05) is 31.2 Å². The SMILES string of the molecule is CCc1ccc(CC(=O)NC2CC3CCC(C2)N3)cc1.Cl. The number of carbonyl (C=O) groups is 1. The van der Waals surface area contributed by atoms with Crippen LogP contribution in [-0.2, 0) is 17.6 Å². The third-order valence-corrected chi connectivity index (χ3v) is 4.63. The van der Waals surface area contributed by atoms with E-state index in [0.29, 0.717) is 24.5 Å². The standard InChI is InChI=1S/C17H24N2O.ClH/c1-2-12-3-5-13(6-4-12)9-17(20)19-16-10-14-7-8-15(11-16)18-14;/h3-6,14-16,18H,2,7-11H2,1H3,(H,19,20);1H. The Bertz CT molecular complexity index is 462. The van der Waals surface area contributed by atoms with E-state index in [1.54, 1.807) is 0 Å². The maximum atomic E-state index is 12.1. The van der Waals surface area contributed by atoms with Crippen LogP contribution in [0.4, 0.5) is 0 Å². The van der Waals surface area contributed by atoms with Gasteiger partial charge in [0.1, 0.15) is 0 Å². The number of benzene rings is 1. The minimum Gasteiger partial charge on any atom is -0.353 e. The molecular weight excluding hydrogens is 284 g/mol. The minimum absolute atomic E-state index is 0. The molecule has 3 nitrogen and oxygen atoms in total. The molecule has 0 radical (unpaired) electrons. The van der Waals surface area contributed by atoms with Gasteiger partial charge in [-0.3, -0.25) is 4.79 Å². The number of aryl methyl sites for hydroxylation is 1. The number of piperidine rings is 1. The van der Waals surface area contributed by atoms with Crippen molar-refractivity contribution in [1.82, 2.24) is 10.6 Å². The summed E-state index contributed by atoms with van der Waals surface area (Å²) < 4.78 is 0. The first-order valence-electron chi connectivity index (χ1n) is 7.86. The molecule has 3 rings (SSSR count). The fraction of sp³-hybridized carbons (Fsp3) is 0.588. The van der Waals surface area contributed by atoms with Crippen LogP contribution in [0.2, 0.25) is 0 Å². The first-order valence-corrected chi connectivity index (χ1v) is 7.86. The van der Waals surface area contributed by atoms with Crippen molar-refractivity contribution in [2.45, 2.75) is 63.6 Å². The summed E-state index contributed by atoms with van der Waals surface area (Å²) in [5.74, 6) is 0.167. The molecule has 2 aliphatic rings. The normalized spacial score (nSPS) is 27.0. The second-order valence-electron chi connectivity index (χ2n) is 6.22. The quantitative estimate of drug-likeness (QED) is 0.898. The number of carbonyl (C=O) groups excluding carboxylic acids is 1. The summed E-state index contributed by atoms with van der Waals surface area (Å²) in [6.07, 6.45) is 6.28. The highest BCUT2D eigenvalue weighted by Gasteiger charge is 2.33. The molecule has 2 aliphatic heterocycles. The molecule has 4 heteroatoms. The molecular formula is C17H25ClN2O. The van der Waals surface area contributed by atoms with Gasteiger partial charge >= 0.3 is 0 Å². The molecule has 2 saturated heterocycles. The molecule has 116 valence electrons. The van der Waals surface area contributed by atoms with Crippen LogP contribution in [0, 0.1) is 0 Å². The lowest BCUT2D eigenvalue weighted by Gasteiger charge is -2.29. The second-order valence-corrected chi connectivity index (χ2v) is 6.22. The fourth-order valence-corrected chi connectivity index (χ4v) is 3.53. The maximum absolute atomic E-state index is 12.1. The third kappa shape index (κ3) is 4.21. The zero-order chi connectivity index (χ0) is 13.9. The summed E-state index contributed by atoms with van der Waals surface area (Å²) in [7, 11) is 0. The zero-order valence-corrected chi connectivity index (χ0v) is 13.4. The highest BCUT2D eigenvalue weighted by Crippen LogP contribution is 2.26. The summed E-state index contributed by atoms with van der Waals surface area (Å²) in [5, 5.41) is 6.82. The van der Waals surface area contributed by atoms with E-state index in [-0.39, 0.29) is 18.3 Å². The lowest BCUT2D eigenvalue weighted by atomic mass is 9.99. The van der Waals surface area contributed by atoms with Gasteiger partial charge in [0, 0.05) is 18.1 Å². The Hall–Kier alpha value is -1.06. The highest BCUT2D eigenvalue weighted by atomic mass is 35.5. The number of halogens is 1.